The third kappa shape index (κ3) is 5.15. The van der Waals surface area contributed by atoms with Crippen molar-refractivity contribution in [3.63, 3.8) is 0 Å². The van der Waals surface area contributed by atoms with Gasteiger partial charge in [0.1, 0.15) is 0 Å². The molecule has 4 nitrogen and oxygen atoms in total. The van der Waals surface area contributed by atoms with Crippen molar-refractivity contribution in [2.45, 2.75) is 76.5 Å². The second-order valence-corrected chi connectivity index (χ2v) is 10.1. The number of nitrogens with zero attached hydrogens (tertiary/aromatic N) is 4. The molecule has 5 rings (SSSR count). The molecule has 2 aliphatic rings. The third-order valence-corrected chi connectivity index (χ3v) is 7.83. The van der Waals surface area contributed by atoms with Gasteiger partial charge in [-0.1, -0.05) is 37.1 Å². The summed E-state index contributed by atoms with van der Waals surface area (Å²) in [5.74, 6) is -0.346. The van der Waals surface area contributed by atoms with Crippen molar-refractivity contribution in [1.82, 2.24) is 19.4 Å². The highest BCUT2D eigenvalue weighted by atomic mass is 19.1. The van der Waals surface area contributed by atoms with Crippen LogP contribution in [0.25, 0.3) is 10.9 Å². The molecule has 0 N–H and O–H groups in total. The number of pyridine rings is 1. The van der Waals surface area contributed by atoms with Gasteiger partial charge in [-0.15, -0.1) is 0 Å². The summed E-state index contributed by atoms with van der Waals surface area (Å²) in [5.41, 5.74) is 3.24. The Morgan fingerprint density at radius 1 is 0.909 bits per heavy atom. The minimum absolute atomic E-state index is 0.346. The molecule has 3 aromatic rings. The molecule has 5 heteroatoms. The summed E-state index contributed by atoms with van der Waals surface area (Å²) in [6.07, 6.45) is 14.5. The third-order valence-electron chi connectivity index (χ3n) is 7.83. The van der Waals surface area contributed by atoms with Gasteiger partial charge >= 0.3 is 0 Å². The van der Waals surface area contributed by atoms with Crippen LogP contribution < -0.4 is 0 Å². The first kappa shape index (κ1) is 22.5. The van der Waals surface area contributed by atoms with Gasteiger partial charge in [-0.25, -0.2) is 4.98 Å². The highest BCUT2D eigenvalue weighted by Gasteiger charge is 2.33. The van der Waals surface area contributed by atoms with E-state index in [0.717, 1.165) is 31.6 Å². The van der Waals surface area contributed by atoms with Crippen LogP contribution in [0, 0.1) is 5.95 Å². The number of aryl methyl sites for hydroxylation is 1. The van der Waals surface area contributed by atoms with Crippen LogP contribution in [0.2, 0.25) is 0 Å². The minimum atomic E-state index is -0.346. The molecule has 1 aromatic carbocycles. The van der Waals surface area contributed by atoms with Gasteiger partial charge in [0.25, 0.3) is 0 Å². The van der Waals surface area contributed by atoms with Crippen LogP contribution in [0.1, 0.15) is 62.5 Å². The minimum Gasteiger partial charge on any atom is -0.350 e. The molecule has 0 spiro atoms. The van der Waals surface area contributed by atoms with Crippen molar-refractivity contribution in [3.05, 3.63) is 65.9 Å². The fraction of sp³-hybridized carbons (Fsp3) is 0.536. The standard InChI is InChI=1S/C28H37FN4/c1-31-19-23(26-14-2-3-15-27(26)31)21-32(20-22-9-8-16-30-28(22)29)17-4-5-18-33(24-10-6-11-24)25-12-7-13-25/h2-3,8-9,14-16,19,24-25H,4-7,10-13,17-18,20-21H2,1H3. The maximum atomic E-state index is 14.4. The lowest BCUT2D eigenvalue weighted by atomic mass is 9.84. The van der Waals surface area contributed by atoms with Crippen LogP contribution in [-0.4, -0.2) is 44.5 Å². The zero-order valence-electron chi connectivity index (χ0n) is 19.9. The number of rotatable bonds is 11. The van der Waals surface area contributed by atoms with E-state index in [-0.39, 0.29) is 5.95 Å². The van der Waals surface area contributed by atoms with Gasteiger partial charge in [-0.3, -0.25) is 9.80 Å². The number of hydrogen-bond acceptors (Lipinski definition) is 3. The Labute approximate surface area is 197 Å². The van der Waals surface area contributed by atoms with E-state index in [1.807, 2.05) is 12.1 Å². The summed E-state index contributed by atoms with van der Waals surface area (Å²) in [6, 6.07) is 13.9. The average Bonchev–Trinajstić information content (AvgIpc) is 3.05. The summed E-state index contributed by atoms with van der Waals surface area (Å²) in [5, 5.41) is 1.29. The van der Waals surface area contributed by atoms with E-state index in [0.29, 0.717) is 12.1 Å². The molecule has 176 valence electrons. The first-order chi connectivity index (χ1) is 16.2. The van der Waals surface area contributed by atoms with Crippen molar-refractivity contribution in [2.24, 2.45) is 7.05 Å². The average molecular weight is 449 g/mol. The molecule has 0 radical (unpaired) electrons. The zero-order chi connectivity index (χ0) is 22.6. The van der Waals surface area contributed by atoms with Crippen molar-refractivity contribution in [2.75, 3.05) is 13.1 Å². The van der Waals surface area contributed by atoms with Gasteiger partial charge in [0.2, 0.25) is 5.95 Å². The Balaban J connectivity index is 1.25. The van der Waals surface area contributed by atoms with Crippen molar-refractivity contribution in [1.29, 1.82) is 0 Å². The molecule has 2 fully saturated rings. The van der Waals surface area contributed by atoms with Crippen molar-refractivity contribution in [3.8, 4) is 0 Å². The van der Waals surface area contributed by atoms with E-state index in [1.165, 1.54) is 74.2 Å². The first-order valence-electron chi connectivity index (χ1n) is 12.8. The highest BCUT2D eigenvalue weighted by Crippen LogP contribution is 2.34. The van der Waals surface area contributed by atoms with Gasteiger partial charge in [0.05, 0.1) is 0 Å². The number of fused-ring (bicyclic) bond motifs is 1. The molecule has 2 aromatic heterocycles. The maximum Gasteiger partial charge on any atom is 0.217 e. The maximum absolute atomic E-state index is 14.4. The summed E-state index contributed by atoms with van der Waals surface area (Å²) in [4.78, 5) is 9.10. The molecule has 0 bridgehead atoms. The van der Waals surface area contributed by atoms with Crippen LogP contribution in [0.3, 0.4) is 0 Å². The van der Waals surface area contributed by atoms with Crippen LogP contribution in [0.15, 0.2) is 48.8 Å². The Kier molecular flexibility index (Phi) is 7.07. The van der Waals surface area contributed by atoms with Crippen LogP contribution in [0.4, 0.5) is 4.39 Å². The zero-order valence-corrected chi connectivity index (χ0v) is 19.9. The van der Waals surface area contributed by atoms with Gasteiger partial charge in [0.15, 0.2) is 0 Å². The Bertz CT molecular complexity index is 1040. The van der Waals surface area contributed by atoms with E-state index < -0.39 is 0 Å². The summed E-state index contributed by atoms with van der Waals surface area (Å²) >= 11 is 0. The number of aromatic nitrogens is 2. The van der Waals surface area contributed by atoms with Crippen molar-refractivity contribution < 1.29 is 4.39 Å². The van der Waals surface area contributed by atoms with Gasteiger partial charge in [-0.05, 0) is 69.3 Å². The number of benzene rings is 1. The smallest absolute Gasteiger partial charge is 0.217 e. The molecule has 0 atom stereocenters. The Morgan fingerprint density at radius 3 is 2.30 bits per heavy atom. The quantitative estimate of drug-likeness (QED) is 0.270. The van der Waals surface area contributed by atoms with Crippen LogP contribution >= 0.6 is 0 Å². The molecule has 0 saturated heterocycles. The predicted molar refractivity (Wildman–Crippen MR) is 132 cm³/mol. The summed E-state index contributed by atoms with van der Waals surface area (Å²) in [7, 11) is 2.10. The number of para-hydroxylation sites is 1. The van der Waals surface area contributed by atoms with E-state index in [9.17, 15) is 4.39 Å². The van der Waals surface area contributed by atoms with Gasteiger partial charge in [0, 0.05) is 61.1 Å². The highest BCUT2D eigenvalue weighted by molar-refractivity contribution is 5.83. The molecule has 2 saturated carbocycles. The van der Waals surface area contributed by atoms with Crippen molar-refractivity contribution >= 4 is 10.9 Å². The monoisotopic (exact) mass is 448 g/mol. The Hall–Kier alpha value is -2.24. The molecular weight excluding hydrogens is 411 g/mol. The SMILES string of the molecule is Cn1cc(CN(CCCCN(C2CCC2)C2CCC2)Cc2cccnc2F)c2ccccc21. The van der Waals surface area contributed by atoms with E-state index in [2.05, 4.69) is 56.9 Å². The topological polar surface area (TPSA) is 24.3 Å². The lowest BCUT2D eigenvalue weighted by Gasteiger charge is -2.46. The fourth-order valence-electron chi connectivity index (χ4n) is 5.51. The molecule has 2 aliphatic carbocycles. The second-order valence-electron chi connectivity index (χ2n) is 10.1. The summed E-state index contributed by atoms with van der Waals surface area (Å²) < 4.78 is 16.6. The molecule has 0 unspecified atom stereocenters. The normalized spacial score (nSPS) is 17.1. The number of halogens is 1. The predicted octanol–water partition coefficient (Wildman–Crippen LogP) is 5.90. The number of unbranched alkanes of at least 4 members (excludes halogenated alkanes) is 1. The lowest BCUT2D eigenvalue weighted by molar-refractivity contribution is 0.0383. The molecule has 2 heterocycles. The molecule has 33 heavy (non-hydrogen) atoms. The van der Waals surface area contributed by atoms with E-state index in [1.54, 1.807) is 0 Å². The van der Waals surface area contributed by atoms with E-state index in [4.69, 9.17) is 0 Å². The Morgan fingerprint density at radius 2 is 1.61 bits per heavy atom. The second kappa shape index (κ2) is 10.4. The van der Waals surface area contributed by atoms with Crippen LogP contribution in [0.5, 0.6) is 0 Å². The van der Waals surface area contributed by atoms with Gasteiger partial charge < -0.3 is 4.57 Å². The number of hydrogen-bond donors (Lipinski definition) is 0. The van der Waals surface area contributed by atoms with Crippen LogP contribution in [-0.2, 0) is 20.1 Å². The summed E-state index contributed by atoms with van der Waals surface area (Å²) in [6.45, 7) is 3.61. The molecule has 0 amide bonds. The first-order valence-corrected chi connectivity index (χ1v) is 12.8. The fourth-order valence-corrected chi connectivity index (χ4v) is 5.51. The lowest BCUT2D eigenvalue weighted by Crippen LogP contribution is -2.49. The van der Waals surface area contributed by atoms with Gasteiger partial charge in [-0.2, -0.15) is 4.39 Å². The molecule has 0 aliphatic heterocycles. The molecular formula is C28H37FN4. The van der Waals surface area contributed by atoms with E-state index >= 15 is 0 Å². The largest absolute Gasteiger partial charge is 0.350 e.